The molecule has 0 spiro atoms. The first kappa shape index (κ1) is 25.7. The number of nitrogens with zero attached hydrogens (tertiary/aromatic N) is 3. The maximum atomic E-state index is 14.1. The zero-order valence-corrected chi connectivity index (χ0v) is 22.4. The van der Waals surface area contributed by atoms with Gasteiger partial charge in [-0.25, -0.2) is 14.4 Å². The summed E-state index contributed by atoms with van der Waals surface area (Å²) < 4.78 is 21.1. The Morgan fingerprint density at radius 1 is 0.947 bits per heavy atom. The quantitative estimate of drug-likeness (QED) is 0.222. The van der Waals surface area contributed by atoms with Gasteiger partial charge >= 0.3 is 0 Å². The summed E-state index contributed by atoms with van der Waals surface area (Å²) in [6, 6.07) is 24.1. The second kappa shape index (κ2) is 11.2. The van der Waals surface area contributed by atoms with E-state index < -0.39 is 0 Å². The van der Waals surface area contributed by atoms with Crippen molar-refractivity contribution in [1.29, 1.82) is 0 Å². The molecular formula is C31H28FN3O2S. The SMILES string of the molecule is COCc1cccc(-c2sc(-c3c(C)nc(-c4cccc(F)c4)n(CCc4ccccc4)c3=O)cc2C)n1. The van der Waals surface area contributed by atoms with Gasteiger partial charge in [0.15, 0.2) is 0 Å². The number of rotatable bonds is 8. The first-order valence-corrected chi connectivity index (χ1v) is 13.2. The van der Waals surface area contributed by atoms with Crippen LogP contribution in [0.2, 0.25) is 0 Å². The first-order chi connectivity index (χ1) is 18.4. The fourth-order valence-corrected chi connectivity index (χ4v) is 5.81. The topological polar surface area (TPSA) is 57.0 Å². The van der Waals surface area contributed by atoms with Gasteiger partial charge in [0.25, 0.3) is 5.56 Å². The van der Waals surface area contributed by atoms with Crippen LogP contribution in [0.1, 0.15) is 22.5 Å². The average molecular weight is 526 g/mol. The molecule has 0 fully saturated rings. The van der Waals surface area contributed by atoms with Crippen molar-refractivity contribution in [3.63, 3.8) is 0 Å². The number of pyridine rings is 1. The Kier molecular flexibility index (Phi) is 7.58. The fraction of sp³-hybridized carbons (Fsp3) is 0.194. The molecule has 7 heteroatoms. The molecule has 5 aromatic rings. The number of aryl methyl sites for hydroxylation is 3. The van der Waals surface area contributed by atoms with E-state index in [0.29, 0.717) is 42.2 Å². The number of aromatic nitrogens is 3. The minimum absolute atomic E-state index is 0.137. The van der Waals surface area contributed by atoms with Gasteiger partial charge in [0, 0.05) is 24.1 Å². The van der Waals surface area contributed by atoms with Crippen molar-refractivity contribution < 1.29 is 9.13 Å². The predicted octanol–water partition coefficient (Wildman–Crippen LogP) is 6.85. The highest BCUT2D eigenvalue weighted by atomic mass is 32.1. The Morgan fingerprint density at radius 2 is 1.74 bits per heavy atom. The van der Waals surface area contributed by atoms with Gasteiger partial charge in [0.2, 0.25) is 0 Å². The van der Waals surface area contributed by atoms with E-state index in [9.17, 15) is 9.18 Å². The summed E-state index contributed by atoms with van der Waals surface area (Å²) in [5, 5.41) is 0. The number of halogens is 1. The maximum absolute atomic E-state index is 14.1. The number of thiophene rings is 1. The molecule has 0 atom stereocenters. The lowest BCUT2D eigenvalue weighted by Gasteiger charge is -2.16. The zero-order chi connectivity index (χ0) is 26.6. The standard InChI is InChI=1S/C31H28FN3O2S/c1-20-17-27(38-29(20)26-14-8-13-25(34-26)19-37-3)28-21(2)33-30(23-11-7-12-24(32)18-23)35(31(28)36)16-15-22-9-5-4-6-10-22/h4-14,17-18H,15-16,19H2,1-3H3. The van der Waals surface area contributed by atoms with Crippen LogP contribution in [0.5, 0.6) is 0 Å². The summed E-state index contributed by atoms with van der Waals surface area (Å²) in [5.41, 5.74) is 5.46. The normalized spacial score (nSPS) is 11.2. The van der Waals surface area contributed by atoms with Crippen LogP contribution in [0.25, 0.3) is 32.4 Å². The molecule has 0 amide bonds. The molecule has 0 saturated carbocycles. The third kappa shape index (κ3) is 5.35. The van der Waals surface area contributed by atoms with E-state index >= 15 is 0 Å². The highest BCUT2D eigenvalue weighted by molar-refractivity contribution is 7.19. The molecule has 0 N–H and O–H groups in total. The summed E-state index contributed by atoms with van der Waals surface area (Å²) in [6.07, 6.45) is 0.651. The van der Waals surface area contributed by atoms with Crippen LogP contribution < -0.4 is 5.56 Å². The highest BCUT2D eigenvalue weighted by Crippen LogP contribution is 2.37. The van der Waals surface area contributed by atoms with Crippen LogP contribution in [0.3, 0.4) is 0 Å². The summed E-state index contributed by atoms with van der Waals surface area (Å²) in [4.78, 5) is 25.5. The average Bonchev–Trinajstić information content (AvgIpc) is 3.29. The molecule has 0 aliphatic rings. The Balaban J connectivity index is 1.62. The largest absolute Gasteiger partial charge is 0.378 e. The number of benzene rings is 2. The molecule has 2 aromatic carbocycles. The molecule has 0 bridgehead atoms. The third-order valence-electron chi connectivity index (χ3n) is 6.40. The second-order valence-electron chi connectivity index (χ2n) is 9.17. The van der Waals surface area contributed by atoms with Crippen molar-refractivity contribution >= 4 is 11.3 Å². The fourth-order valence-electron chi connectivity index (χ4n) is 4.58. The molecule has 0 aliphatic heterocycles. The third-order valence-corrected chi connectivity index (χ3v) is 7.67. The maximum Gasteiger partial charge on any atom is 0.262 e. The van der Waals surface area contributed by atoms with Crippen LogP contribution >= 0.6 is 11.3 Å². The molecule has 5 rings (SSSR count). The van der Waals surface area contributed by atoms with Crippen LogP contribution in [0, 0.1) is 19.7 Å². The van der Waals surface area contributed by atoms with Crippen molar-refractivity contribution in [2.75, 3.05) is 7.11 Å². The Hall–Kier alpha value is -3.94. The van der Waals surface area contributed by atoms with Gasteiger partial charge in [-0.2, -0.15) is 0 Å². The lowest BCUT2D eigenvalue weighted by Crippen LogP contribution is -2.27. The van der Waals surface area contributed by atoms with E-state index in [1.54, 1.807) is 23.8 Å². The van der Waals surface area contributed by atoms with Crippen LogP contribution in [0.4, 0.5) is 4.39 Å². The Morgan fingerprint density at radius 3 is 2.50 bits per heavy atom. The lowest BCUT2D eigenvalue weighted by atomic mass is 10.1. The van der Waals surface area contributed by atoms with Gasteiger partial charge in [-0.1, -0.05) is 48.5 Å². The molecule has 3 heterocycles. The van der Waals surface area contributed by atoms with Crippen molar-refractivity contribution in [3.05, 3.63) is 118 Å². The first-order valence-electron chi connectivity index (χ1n) is 12.4. The predicted molar refractivity (Wildman–Crippen MR) is 151 cm³/mol. The van der Waals surface area contributed by atoms with E-state index in [0.717, 1.165) is 32.3 Å². The van der Waals surface area contributed by atoms with Gasteiger partial charge in [-0.3, -0.25) is 9.36 Å². The number of hydrogen-bond acceptors (Lipinski definition) is 5. The van der Waals surface area contributed by atoms with E-state index in [2.05, 4.69) is 0 Å². The Bertz CT molecular complexity index is 1640. The zero-order valence-electron chi connectivity index (χ0n) is 21.6. The molecule has 0 aliphatic carbocycles. The Labute approximate surface area is 225 Å². The van der Waals surface area contributed by atoms with Crippen LogP contribution in [0.15, 0.2) is 83.7 Å². The van der Waals surface area contributed by atoms with E-state index in [-0.39, 0.29) is 11.4 Å². The second-order valence-corrected chi connectivity index (χ2v) is 10.2. The molecule has 0 unspecified atom stereocenters. The smallest absolute Gasteiger partial charge is 0.262 e. The van der Waals surface area contributed by atoms with E-state index in [1.165, 1.54) is 23.5 Å². The van der Waals surface area contributed by atoms with Crippen LogP contribution in [-0.4, -0.2) is 21.6 Å². The monoisotopic (exact) mass is 525 g/mol. The molecule has 3 aromatic heterocycles. The lowest BCUT2D eigenvalue weighted by molar-refractivity contribution is 0.181. The van der Waals surface area contributed by atoms with Gasteiger partial charge in [-0.05, 0) is 61.7 Å². The van der Waals surface area contributed by atoms with Crippen molar-refractivity contribution in [2.45, 2.75) is 33.4 Å². The summed E-state index contributed by atoms with van der Waals surface area (Å²) in [6.45, 7) is 4.72. The molecule has 192 valence electrons. The molecular weight excluding hydrogens is 497 g/mol. The number of methoxy groups -OCH3 is 1. The van der Waals surface area contributed by atoms with Gasteiger partial charge in [0.05, 0.1) is 34.1 Å². The van der Waals surface area contributed by atoms with Crippen molar-refractivity contribution in [3.8, 4) is 32.4 Å². The molecule has 0 saturated heterocycles. The number of hydrogen-bond donors (Lipinski definition) is 0. The molecule has 5 nitrogen and oxygen atoms in total. The number of ether oxygens (including phenoxy) is 1. The van der Waals surface area contributed by atoms with E-state index in [1.807, 2.05) is 68.4 Å². The summed E-state index contributed by atoms with van der Waals surface area (Å²) >= 11 is 1.53. The minimum atomic E-state index is -0.366. The minimum Gasteiger partial charge on any atom is -0.378 e. The highest BCUT2D eigenvalue weighted by Gasteiger charge is 2.20. The summed E-state index contributed by atoms with van der Waals surface area (Å²) in [7, 11) is 1.65. The molecule has 38 heavy (non-hydrogen) atoms. The van der Waals surface area contributed by atoms with Gasteiger partial charge < -0.3 is 4.74 Å². The van der Waals surface area contributed by atoms with Crippen LogP contribution in [-0.2, 0) is 24.3 Å². The van der Waals surface area contributed by atoms with Crippen molar-refractivity contribution in [2.24, 2.45) is 0 Å². The van der Waals surface area contributed by atoms with Gasteiger partial charge in [-0.15, -0.1) is 11.3 Å². The summed E-state index contributed by atoms with van der Waals surface area (Å²) in [5.74, 6) is 0.101. The van der Waals surface area contributed by atoms with Gasteiger partial charge in [0.1, 0.15) is 11.6 Å². The van der Waals surface area contributed by atoms with E-state index in [4.69, 9.17) is 14.7 Å². The molecule has 0 radical (unpaired) electrons. The van der Waals surface area contributed by atoms with Crippen molar-refractivity contribution in [1.82, 2.24) is 14.5 Å².